The van der Waals surface area contributed by atoms with Crippen molar-refractivity contribution in [1.29, 1.82) is 0 Å². The van der Waals surface area contributed by atoms with Gasteiger partial charge >= 0.3 is 6.03 Å². The predicted molar refractivity (Wildman–Crippen MR) is 77.3 cm³/mol. The fraction of sp³-hybridized carbons (Fsp3) is 0.857. The Hall–Kier alpha value is -1.22. The molecule has 0 spiro atoms. The predicted octanol–water partition coefficient (Wildman–Crippen LogP) is -0.864. The molecule has 8 heteroatoms. The fourth-order valence-corrected chi connectivity index (χ4v) is 3.40. The number of hydrogen-bond donors (Lipinski definition) is 3. The Morgan fingerprint density at radius 3 is 2.59 bits per heavy atom. The molecule has 3 rings (SSSR count). The van der Waals surface area contributed by atoms with Crippen molar-refractivity contribution in [3.8, 4) is 0 Å². The van der Waals surface area contributed by atoms with E-state index in [1.165, 1.54) is 11.8 Å². The molecule has 0 aromatic rings. The van der Waals surface area contributed by atoms with E-state index in [2.05, 4.69) is 9.89 Å². The third-order valence-corrected chi connectivity index (χ3v) is 4.74. The zero-order valence-corrected chi connectivity index (χ0v) is 12.7. The molecule has 2 amide bonds. The molecule has 0 unspecified atom stereocenters. The minimum atomic E-state index is -1.64. The summed E-state index contributed by atoms with van der Waals surface area (Å²) in [5, 5.41) is 29.6. The smallest absolute Gasteiger partial charge is 0.347 e. The lowest BCUT2D eigenvalue weighted by Crippen LogP contribution is -2.56. The van der Waals surface area contributed by atoms with Crippen LogP contribution < -0.4 is 0 Å². The number of ether oxygens (including phenoxy) is 1. The SMILES string of the molecule is C[C@@]1(O)[C@H](O)[C@@H](CO)O[C@H]1N1CCC(N2CCCC2)=NC1=O. The van der Waals surface area contributed by atoms with Gasteiger partial charge in [-0.3, -0.25) is 4.90 Å². The van der Waals surface area contributed by atoms with Gasteiger partial charge in [0.2, 0.25) is 0 Å². The molecule has 8 nitrogen and oxygen atoms in total. The first-order valence-corrected chi connectivity index (χ1v) is 7.75. The summed E-state index contributed by atoms with van der Waals surface area (Å²) in [6.07, 6.45) is -0.336. The third-order valence-electron chi connectivity index (χ3n) is 4.74. The summed E-state index contributed by atoms with van der Waals surface area (Å²) < 4.78 is 5.48. The van der Waals surface area contributed by atoms with E-state index in [4.69, 9.17) is 4.74 Å². The lowest BCUT2D eigenvalue weighted by molar-refractivity contribution is -0.118. The first-order chi connectivity index (χ1) is 10.4. The third kappa shape index (κ3) is 2.50. The number of aliphatic hydroxyl groups excluding tert-OH is 2. The number of carbonyl (C=O) groups is 1. The first kappa shape index (κ1) is 15.7. The summed E-state index contributed by atoms with van der Waals surface area (Å²) in [5.74, 6) is 0.788. The zero-order valence-electron chi connectivity index (χ0n) is 12.7. The van der Waals surface area contributed by atoms with Gasteiger partial charge in [-0.05, 0) is 19.8 Å². The van der Waals surface area contributed by atoms with Crippen LogP contribution in [-0.4, -0.2) is 87.3 Å². The number of likely N-dealkylation sites (tertiary alicyclic amines) is 1. The minimum Gasteiger partial charge on any atom is -0.394 e. The molecule has 3 N–H and O–H groups in total. The van der Waals surface area contributed by atoms with Gasteiger partial charge in [0, 0.05) is 26.1 Å². The van der Waals surface area contributed by atoms with Crippen molar-refractivity contribution in [2.24, 2.45) is 4.99 Å². The van der Waals surface area contributed by atoms with Crippen LogP contribution in [0.5, 0.6) is 0 Å². The number of aliphatic hydroxyl groups is 3. The van der Waals surface area contributed by atoms with Crippen LogP contribution in [0.25, 0.3) is 0 Å². The van der Waals surface area contributed by atoms with Gasteiger partial charge in [0.1, 0.15) is 23.6 Å². The topological polar surface area (TPSA) is 106 Å². The van der Waals surface area contributed by atoms with Gasteiger partial charge in [-0.2, -0.15) is 4.99 Å². The van der Waals surface area contributed by atoms with E-state index in [0.717, 1.165) is 31.8 Å². The van der Waals surface area contributed by atoms with Gasteiger partial charge < -0.3 is 25.0 Å². The Morgan fingerprint density at radius 2 is 2.05 bits per heavy atom. The van der Waals surface area contributed by atoms with E-state index in [1.54, 1.807) is 0 Å². The number of aliphatic imine (C=N–C) groups is 1. The molecule has 0 saturated carbocycles. The van der Waals surface area contributed by atoms with Crippen LogP contribution in [-0.2, 0) is 4.74 Å². The van der Waals surface area contributed by atoms with Gasteiger partial charge in [-0.25, -0.2) is 4.79 Å². The van der Waals surface area contributed by atoms with E-state index in [0.29, 0.717) is 13.0 Å². The second-order valence-corrected chi connectivity index (χ2v) is 6.33. The maximum absolute atomic E-state index is 12.3. The summed E-state index contributed by atoms with van der Waals surface area (Å²) >= 11 is 0. The van der Waals surface area contributed by atoms with E-state index >= 15 is 0 Å². The molecule has 0 bridgehead atoms. The molecule has 0 radical (unpaired) electrons. The number of amidine groups is 1. The van der Waals surface area contributed by atoms with Gasteiger partial charge in [0.15, 0.2) is 6.23 Å². The number of amides is 2. The zero-order chi connectivity index (χ0) is 15.9. The normalized spacial score (nSPS) is 39.5. The van der Waals surface area contributed by atoms with E-state index in [-0.39, 0.29) is 0 Å². The number of hydrogen-bond acceptors (Lipinski definition) is 6. The largest absolute Gasteiger partial charge is 0.394 e. The molecule has 3 aliphatic heterocycles. The van der Waals surface area contributed by atoms with Crippen LogP contribution in [0.3, 0.4) is 0 Å². The number of rotatable bonds is 2. The van der Waals surface area contributed by atoms with Gasteiger partial charge in [-0.15, -0.1) is 0 Å². The molecule has 2 saturated heterocycles. The first-order valence-electron chi connectivity index (χ1n) is 7.75. The average molecular weight is 313 g/mol. The van der Waals surface area contributed by atoms with E-state index < -0.39 is 36.7 Å². The fourth-order valence-electron chi connectivity index (χ4n) is 3.40. The van der Waals surface area contributed by atoms with Crippen molar-refractivity contribution in [2.45, 2.75) is 50.2 Å². The highest BCUT2D eigenvalue weighted by Crippen LogP contribution is 2.34. The summed E-state index contributed by atoms with van der Waals surface area (Å²) in [7, 11) is 0. The molecule has 3 heterocycles. The molecular formula is C14H23N3O5. The Morgan fingerprint density at radius 1 is 1.36 bits per heavy atom. The monoisotopic (exact) mass is 313 g/mol. The van der Waals surface area contributed by atoms with E-state index in [1.807, 2.05) is 0 Å². The Balaban J connectivity index is 1.75. The lowest BCUT2D eigenvalue weighted by Gasteiger charge is -2.37. The highest BCUT2D eigenvalue weighted by atomic mass is 16.6. The summed E-state index contributed by atoms with van der Waals surface area (Å²) in [5.41, 5.74) is -1.64. The molecule has 22 heavy (non-hydrogen) atoms. The second-order valence-electron chi connectivity index (χ2n) is 6.33. The van der Waals surface area contributed by atoms with Crippen LogP contribution in [0.2, 0.25) is 0 Å². The molecule has 124 valence electrons. The molecule has 3 aliphatic rings. The Kier molecular flexibility index (Phi) is 4.11. The van der Waals surface area contributed by atoms with Crippen LogP contribution in [0, 0.1) is 0 Å². The second kappa shape index (κ2) is 5.77. The number of nitrogens with zero attached hydrogens (tertiary/aromatic N) is 3. The van der Waals surface area contributed by atoms with Gasteiger partial charge in [0.05, 0.1) is 6.61 Å². The van der Waals surface area contributed by atoms with Gasteiger partial charge in [-0.1, -0.05) is 0 Å². The standard InChI is InChI=1S/C14H23N3O5/c1-14(21)11(19)9(8-18)22-12(14)17-7-4-10(15-13(17)20)16-5-2-3-6-16/h9,11-12,18-19,21H,2-8H2,1H3/t9-,11-,12-,14-/m1/s1. The highest BCUT2D eigenvalue weighted by Gasteiger charge is 2.55. The molecule has 0 aliphatic carbocycles. The van der Waals surface area contributed by atoms with Crippen LogP contribution >= 0.6 is 0 Å². The van der Waals surface area contributed by atoms with Crippen molar-refractivity contribution in [2.75, 3.05) is 26.2 Å². The maximum atomic E-state index is 12.3. The number of urea groups is 1. The van der Waals surface area contributed by atoms with Crippen molar-refractivity contribution in [3.05, 3.63) is 0 Å². The average Bonchev–Trinajstić information content (AvgIpc) is 3.09. The van der Waals surface area contributed by atoms with Crippen LogP contribution in [0.4, 0.5) is 4.79 Å². The van der Waals surface area contributed by atoms with E-state index in [9.17, 15) is 20.1 Å². The Bertz CT molecular complexity index is 475. The van der Waals surface area contributed by atoms with Crippen molar-refractivity contribution < 1.29 is 24.9 Å². The molecule has 0 aromatic heterocycles. The number of carbonyl (C=O) groups excluding carboxylic acids is 1. The molecule has 4 atom stereocenters. The summed E-state index contributed by atoms with van der Waals surface area (Å²) in [6.45, 7) is 3.22. The Labute approximate surface area is 129 Å². The highest BCUT2D eigenvalue weighted by molar-refractivity contribution is 5.96. The van der Waals surface area contributed by atoms with Crippen LogP contribution in [0.15, 0.2) is 4.99 Å². The van der Waals surface area contributed by atoms with Crippen molar-refractivity contribution in [1.82, 2.24) is 9.80 Å². The minimum absolute atomic E-state index is 0.375. The molecule has 2 fully saturated rings. The summed E-state index contributed by atoms with van der Waals surface area (Å²) in [4.78, 5) is 19.9. The molecule has 0 aromatic carbocycles. The van der Waals surface area contributed by atoms with Gasteiger partial charge in [0.25, 0.3) is 0 Å². The maximum Gasteiger partial charge on any atom is 0.347 e. The quantitative estimate of drug-likeness (QED) is 0.612. The van der Waals surface area contributed by atoms with Crippen molar-refractivity contribution >= 4 is 11.9 Å². The van der Waals surface area contributed by atoms with Crippen LogP contribution in [0.1, 0.15) is 26.2 Å². The molecular weight excluding hydrogens is 290 g/mol. The van der Waals surface area contributed by atoms with Crippen molar-refractivity contribution in [3.63, 3.8) is 0 Å². The summed E-state index contributed by atoms with van der Waals surface area (Å²) in [6, 6.07) is -0.468. The lowest BCUT2D eigenvalue weighted by atomic mass is 9.96.